The molecule has 106 valence electrons. The first-order valence-corrected chi connectivity index (χ1v) is 6.74. The number of aliphatic hydroxyl groups is 1. The van der Waals surface area contributed by atoms with Crippen LogP contribution in [0.2, 0.25) is 0 Å². The van der Waals surface area contributed by atoms with E-state index in [9.17, 15) is 4.79 Å². The lowest BCUT2D eigenvalue weighted by atomic mass is 10.0. The van der Waals surface area contributed by atoms with Gasteiger partial charge in [0.2, 0.25) is 0 Å². The third-order valence-corrected chi connectivity index (χ3v) is 3.15. The second kappa shape index (κ2) is 7.79. The quantitative estimate of drug-likeness (QED) is 0.737. The average molecular weight is 264 g/mol. The molecule has 0 spiro atoms. The second-order valence-corrected chi connectivity index (χ2v) is 5.08. The fourth-order valence-electron chi connectivity index (χ4n) is 1.80. The first-order valence-electron chi connectivity index (χ1n) is 6.74. The monoisotopic (exact) mass is 264 g/mol. The minimum atomic E-state index is -0.181. The molecule has 4 nitrogen and oxygen atoms in total. The molecule has 0 aliphatic rings. The summed E-state index contributed by atoms with van der Waals surface area (Å²) in [4.78, 5) is 11.6. The van der Waals surface area contributed by atoms with Crippen molar-refractivity contribution >= 4 is 6.03 Å². The highest BCUT2D eigenvalue weighted by molar-refractivity contribution is 5.74. The fraction of sp³-hybridized carbons (Fsp3) is 0.533. The smallest absolute Gasteiger partial charge is 0.315 e. The highest BCUT2D eigenvalue weighted by atomic mass is 16.3. The Morgan fingerprint density at radius 1 is 1.26 bits per heavy atom. The van der Waals surface area contributed by atoms with Crippen LogP contribution < -0.4 is 10.6 Å². The summed E-state index contributed by atoms with van der Waals surface area (Å²) in [6.45, 7) is 6.70. The molecule has 0 saturated carbocycles. The van der Waals surface area contributed by atoms with Crippen LogP contribution in [0.3, 0.4) is 0 Å². The van der Waals surface area contributed by atoms with E-state index in [-0.39, 0.29) is 24.6 Å². The van der Waals surface area contributed by atoms with Gasteiger partial charge in [0.25, 0.3) is 0 Å². The number of aliphatic hydroxyl groups excluding tert-OH is 1. The van der Waals surface area contributed by atoms with Gasteiger partial charge in [-0.2, -0.15) is 0 Å². The largest absolute Gasteiger partial charge is 0.396 e. The van der Waals surface area contributed by atoms with Gasteiger partial charge in [0.1, 0.15) is 0 Å². The lowest BCUT2D eigenvalue weighted by Gasteiger charge is -2.16. The lowest BCUT2D eigenvalue weighted by molar-refractivity contribution is 0.230. The topological polar surface area (TPSA) is 61.4 Å². The molecule has 1 rings (SSSR count). The van der Waals surface area contributed by atoms with Crippen LogP contribution in [0.4, 0.5) is 4.79 Å². The molecule has 3 N–H and O–H groups in total. The summed E-state index contributed by atoms with van der Waals surface area (Å²) in [5, 5.41) is 14.4. The van der Waals surface area contributed by atoms with Gasteiger partial charge >= 0.3 is 6.03 Å². The van der Waals surface area contributed by atoms with E-state index in [0.717, 1.165) is 0 Å². The molecule has 19 heavy (non-hydrogen) atoms. The maximum absolute atomic E-state index is 11.6. The molecule has 4 heteroatoms. The Hall–Kier alpha value is -1.55. The van der Waals surface area contributed by atoms with Crippen molar-refractivity contribution in [3.05, 3.63) is 35.4 Å². The van der Waals surface area contributed by atoms with E-state index in [1.165, 1.54) is 11.1 Å². The van der Waals surface area contributed by atoms with Gasteiger partial charge in [-0.15, -0.1) is 0 Å². The number of carbonyl (C=O) groups is 1. The number of hydrogen-bond donors (Lipinski definition) is 3. The number of carbonyl (C=O) groups excluding carboxylic acids is 1. The van der Waals surface area contributed by atoms with Crippen LogP contribution in [0, 0.1) is 6.92 Å². The number of nitrogens with one attached hydrogen (secondary N) is 2. The normalized spacial score (nSPS) is 13.7. The number of rotatable bonds is 6. The van der Waals surface area contributed by atoms with Gasteiger partial charge in [0.05, 0.1) is 0 Å². The summed E-state index contributed by atoms with van der Waals surface area (Å²) < 4.78 is 0. The maximum Gasteiger partial charge on any atom is 0.315 e. The third kappa shape index (κ3) is 5.75. The summed E-state index contributed by atoms with van der Waals surface area (Å²) in [6.07, 6.45) is 0.570. The van der Waals surface area contributed by atoms with E-state index in [2.05, 4.69) is 48.7 Å². The first-order chi connectivity index (χ1) is 9.02. The molecule has 0 aromatic heterocycles. The van der Waals surface area contributed by atoms with Crippen molar-refractivity contribution in [3.8, 4) is 0 Å². The van der Waals surface area contributed by atoms with Gasteiger partial charge in [-0.1, -0.05) is 36.8 Å². The van der Waals surface area contributed by atoms with E-state index in [4.69, 9.17) is 5.11 Å². The first kappa shape index (κ1) is 15.5. The Morgan fingerprint density at radius 2 is 1.89 bits per heavy atom. The number of hydrogen-bond acceptors (Lipinski definition) is 2. The van der Waals surface area contributed by atoms with Gasteiger partial charge < -0.3 is 15.7 Å². The minimum Gasteiger partial charge on any atom is -0.396 e. The van der Waals surface area contributed by atoms with Crippen molar-refractivity contribution in [2.45, 2.75) is 39.2 Å². The maximum atomic E-state index is 11.6. The van der Waals surface area contributed by atoms with Gasteiger partial charge in [-0.05, 0) is 31.7 Å². The van der Waals surface area contributed by atoms with Crippen LogP contribution in [-0.2, 0) is 0 Å². The average Bonchev–Trinajstić information content (AvgIpc) is 2.37. The van der Waals surface area contributed by atoms with Crippen LogP contribution in [0.15, 0.2) is 24.3 Å². The molecular formula is C15H24N2O2. The summed E-state index contributed by atoms with van der Waals surface area (Å²) in [5.74, 6) is 0.277. The van der Waals surface area contributed by atoms with Crippen molar-refractivity contribution < 1.29 is 9.90 Å². The summed E-state index contributed by atoms with van der Waals surface area (Å²) in [6, 6.07) is 8.14. The minimum absolute atomic E-state index is 0.0142. The second-order valence-electron chi connectivity index (χ2n) is 5.08. The molecule has 0 fully saturated rings. The number of aryl methyl sites for hydroxylation is 1. The molecule has 1 aromatic rings. The summed E-state index contributed by atoms with van der Waals surface area (Å²) >= 11 is 0. The van der Waals surface area contributed by atoms with Crippen LogP contribution in [0.25, 0.3) is 0 Å². The van der Waals surface area contributed by atoms with Gasteiger partial charge in [-0.25, -0.2) is 4.79 Å². The molecular weight excluding hydrogens is 240 g/mol. The van der Waals surface area contributed by atoms with E-state index < -0.39 is 0 Å². The van der Waals surface area contributed by atoms with Crippen LogP contribution in [0.1, 0.15) is 37.3 Å². The third-order valence-electron chi connectivity index (χ3n) is 3.15. The van der Waals surface area contributed by atoms with Crippen LogP contribution in [-0.4, -0.2) is 30.3 Å². The van der Waals surface area contributed by atoms with Crippen molar-refractivity contribution in [3.63, 3.8) is 0 Å². The summed E-state index contributed by atoms with van der Waals surface area (Å²) in [7, 11) is 0. The molecule has 0 aliphatic heterocycles. The van der Waals surface area contributed by atoms with Crippen molar-refractivity contribution in [2.24, 2.45) is 0 Å². The zero-order valence-electron chi connectivity index (χ0n) is 11.9. The fourth-order valence-corrected chi connectivity index (χ4v) is 1.80. The molecule has 2 atom stereocenters. The zero-order chi connectivity index (χ0) is 14.3. The molecule has 0 aliphatic carbocycles. The SMILES string of the molecule is Cc1ccc(C(C)CNC(=O)N[C@H](C)CCO)cc1. The van der Waals surface area contributed by atoms with Crippen LogP contribution in [0.5, 0.6) is 0 Å². The Balaban J connectivity index is 2.35. The number of urea groups is 1. The number of benzene rings is 1. The molecule has 0 bridgehead atoms. The predicted molar refractivity (Wildman–Crippen MR) is 77.3 cm³/mol. The number of amides is 2. The molecule has 2 amide bonds. The van der Waals surface area contributed by atoms with Gasteiger partial charge in [0, 0.05) is 19.2 Å². The van der Waals surface area contributed by atoms with Gasteiger partial charge in [-0.3, -0.25) is 0 Å². The standard InChI is InChI=1S/C15H24N2O2/c1-11-4-6-14(7-5-11)12(2)10-16-15(19)17-13(3)8-9-18/h4-7,12-13,18H,8-10H2,1-3H3,(H2,16,17,19)/t12?,13-/m1/s1. The Bertz CT molecular complexity index is 390. The highest BCUT2D eigenvalue weighted by Crippen LogP contribution is 2.14. The predicted octanol–water partition coefficient (Wildman–Crippen LogP) is 2.17. The van der Waals surface area contributed by atoms with E-state index >= 15 is 0 Å². The Labute approximate surface area is 115 Å². The molecule has 0 heterocycles. The van der Waals surface area contributed by atoms with E-state index in [1.54, 1.807) is 0 Å². The molecule has 0 radical (unpaired) electrons. The molecule has 1 aromatic carbocycles. The molecule has 1 unspecified atom stereocenters. The highest BCUT2D eigenvalue weighted by Gasteiger charge is 2.09. The molecule has 0 saturated heterocycles. The van der Waals surface area contributed by atoms with Crippen molar-refractivity contribution in [2.75, 3.05) is 13.2 Å². The Kier molecular flexibility index (Phi) is 6.36. The Morgan fingerprint density at radius 3 is 2.47 bits per heavy atom. The zero-order valence-corrected chi connectivity index (χ0v) is 11.9. The van der Waals surface area contributed by atoms with Crippen molar-refractivity contribution in [1.29, 1.82) is 0 Å². The van der Waals surface area contributed by atoms with E-state index in [0.29, 0.717) is 13.0 Å². The van der Waals surface area contributed by atoms with Crippen LogP contribution >= 0.6 is 0 Å². The lowest BCUT2D eigenvalue weighted by Crippen LogP contribution is -2.42. The van der Waals surface area contributed by atoms with Crippen molar-refractivity contribution in [1.82, 2.24) is 10.6 Å². The summed E-state index contributed by atoms with van der Waals surface area (Å²) in [5.41, 5.74) is 2.45. The van der Waals surface area contributed by atoms with Gasteiger partial charge in [0.15, 0.2) is 0 Å². The van der Waals surface area contributed by atoms with E-state index in [1.807, 2.05) is 6.92 Å².